The maximum absolute atomic E-state index is 13.8. The van der Waals surface area contributed by atoms with Crippen LogP contribution >= 0.6 is 11.6 Å². The number of aliphatic hydroxyl groups is 1. The third-order valence-corrected chi connectivity index (χ3v) is 3.53. The van der Waals surface area contributed by atoms with Gasteiger partial charge in [0.15, 0.2) is 0 Å². The maximum atomic E-state index is 13.8. The molecule has 0 aromatic heterocycles. The number of hydrogen-bond acceptors (Lipinski definition) is 2. The Hall–Kier alpha value is -0.640. The minimum absolute atomic E-state index is 0.360. The summed E-state index contributed by atoms with van der Waals surface area (Å²) in [5, 5.41) is 10.9. The first-order valence-corrected chi connectivity index (χ1v) is 6.33. The lowest BCUT2D eigenvalue weighted by Gasteiger charge is -2.24. The van der Waals surface area contributed by atoms with Gasteiger partial charge in [-0.05, 0) is 31.5 Å². The molecule has 17 heavy (non-hydrogen) atoms. The zero-order chi connectivity index (χ0) is 12.5. The van der Waals surface area contributed by atoms with E-state index in [0.717, 1.165) is 19.5 Å². The van der Waals surface area contributed by atoms with Crippen LogP contribution in [0.3, 0.4) is 0 Å². The molecule has 1 fully saturated rings. The largest absolute Gasteiger partial charge is 0.384 e. The van der Waals surface area contributed by atoms with Gasteiger partial charge in [-0.1, -0.05) is 24.6 Å². The predicted molar refractivity (Wildman–Crippen MR) is 66.7 cm³/mol. The van der Waals surface area contributed by atoms with Crippen LogP contribution in [0.15, 0.2) is 18.2 Å². The van der Waals surface area contributed by atoms with E-state index < -0.39 is 11.4 Å². The third kappa shape index (κ3) is 2.62. The van der Waals surface area contributed by atoms with Gasteiger partial charge >= 0.3 is 0 Å². The zero-order valence-electron chi connectivity index (χ0n) is 9.92. The number of halogens is 2. The molecule has 1 heterocycles. The quantitative estimate of drug-likeness (QED) is 0.900. The van der Waals surface area contributed by atoms with E-state index in [2.05, 4.69) is 11.8 Å². The Balaban J connectivity index is 2.21. The molecule has 1 aliphatic rings. The van der Waals surface area contributed by atoms with Gasteiger partial charge in [0, 0.05) is 23.7 Å². The molecule has 1 aromatic carbocycles. The summed E-state index contributed by atoms with van der Waals surface area (Å²) in [7, 11) is 0. The lowest BCUT2D eigenvalue weighted by Crippen LogP contribution is -2.32. The Morgan fingerprint density at radius 1 is 1.53 bits per heavy atom. The molecule has 1 saturated heterocycles. The van der Waals surface area contributed by atoms with Crippen LogP contribution in [0.1, 0.15) is 25.3 Å². The van der Waals surface area contributed by atoms with Gasteiger partial charge in [-0.3, -0.25) is 0 Å². The van der Waals surface area contributed by atoms with Crippen molar-refractivity contribution in [2.24, 2.45) is 0 Å². The molecule has 0 bridgehead atoms. The topological polar surface area (TPSA) is 23.5 Å². The summed E-state index contributed by atoms with van der Waals surface area (Å²) < 4.78 is 13.8. The van der Waals surface area contributed by atoms with Gasteiger partial charge in [0.1, 0.15) is 11.4 Å². The normalized spacial score (nSPS) is 25.4. The van der Waals surface area contributed by atoms with Crippen molar-refractivity contribution in [2.45, 2.75) is 25.4 Å². The predicted octanol–water partition coefficient (Wildman–Crippen LogP) is 2.78. The summed E-state index contributed by atoms with van der Waals surface area (Å²) >= 11 is 5.72. The molecule has 1 N–H and O–H groups in total. The first-order valence-electron chi connectivity index (χ1n) is 5.95. The van der Waals surface area contributed by atoms with Crippen LogP contribution < -0.4 is 0 Å². The standard InChI is InChI=1S/C13H17ClFNO/c1-2-6-16-7-5-13(17,9-16)11-4-3-10(14)8-12(11)15/h3-4,8,17H,2,5-7,9H2,1H3. The summed E-state index contributed by atoms with van der Waals surface area (Å²) in [6.45, 7) is 4.35. The van der Waals surface area contributed by atoms with E-state index in [1.54, 1.807) is 12.1 Å². The molecule has 0 aliphatic carbocycles. The molecule has 1 atom stereocenters. The van der Waals surface area contributed by atoms with E-state index in [1.807, 2.05) is 0 Å². The Kier molecular flexibility index (Phi) is 3.71. The number of likely N-dealkylation sites (tertiary alicyclic amines) is 1. The van der Waals surface area contributed by atoms with Crippen molar-refractivity contribution in [3.63, 3.8) is 0 Å². The van der Waals surface area contributed by atoms with E-state index >= 15 is 0 Å². The van der Waals surface area contributed by atoms with Crippen molar-refractivity contribution < 1.29 is 9.50 Å². The van der Waals surface area contributed by atoms with Crippen LogP contribution in [0.4, 0.5) is 4.39 Å². The minimum atomic E-state index is -1.07. The lowest BCUT2D eigenvalue weighted by atomic mass is 9.92. The number of hydrogen-bond donors (Lipinski definition) is 1. The molecule has 0 radical (unpaired) electrons. The van der Waals surface area contributed by atoms with Crippen LogP contribution in [0.2, 0.25) is 5.02 Å². The van der Waals surface area contributed by atoms with E-state index in [9.17, 15) is 9.50 Å². The third-order valence-electron chi connectivity index (χ3n) is 3.30. The van der Waals surface area contributed by atoms with Crippen LogP contribution in [0.5, 0.6) is 0 Å². The smallest absolute Gasteiger partial charge is 0.130 e. The number of benzene rings is 1. The van der Waals surface area contributed by atoms with Gasteiger partial charge in [-0.2, -0.15) is 0 Å². The van der Waals surface area contributed by atoms with Gasteiger partial charge < -0.3 is 10.0 Å². The van der Waals surface area contributed by atoms with Gasteiger partial charge in [0.2, 0.25) is 0 Å². The fourth-order valence-corrected chi connectivity index (χ4v) is 2.62. The summed E-state index contributed by atoms with van der Waals surface area (Å²) in [4.78, 5) is 2.16. The maximum Gasteiger partial charge on any atom is 0.130 e. The molecule has 4 heteroatoms. The molecule has 2 rings (SSSR count). The van der Waals surface area contributed by atoms with Crippen molar-refractivity contribution in [1.29, 1.82) is 0 Å². The van der Waals surface area contributed by atoms with Crippen molar-refractivity contribution in [1.82, 2.24) is 4.90 Å². The molecular weight excluding hydrogens is 241 g/mol. The number of β-amino-alcohol motifs (C(OH)–C–C–N with tert-alkyl or cyclic N) is 1. The van der Waals surface area contributed by atoms with Gasteiger partial charge in [0.25, 0.3) is 0 Å². The fourth-order valence-electron chi connectivity index (χ4n) is 2.46. The second-order valence-electron chi connectivity index (χ2n) is 4.68. The monoisotopic (exact) mass is 257 g/mol. The highest BCUT2D eigenvalue weighted by atomic mass is 35.5. The molecule has 1 aromatic rings. The van der Waals surface area contributed by atoms with Crippen LogP contribution in [-0.4, -0.2) is 29.6 Å². The summed E-state index contributed by atoms with van der Waals surface area (Å²) in [5.74, 6) is -0.418. The summed E-state index contributed by atoms with van der Waals surface area (Å²) in [5.41, 5.74) is -0.704. The van der Waals surface area contributed by atoms with Crippen LogP contribution in [0.25, 0.3) is 0 Å². The molecule has 0 saturated carbocycles. The van der Waals surface area contributed by atoms with E-state index in [4.69, 9.17) is 11.6 Å². The summed E-state index contributed by atoms with van der Waals surface area (Å²) in [6, 6.07) is 4.48. The lowest BCUT2D eigenvalue weighted by molar-refractivity contribution is 0.0426. The Labute approximate surface area is 106 Å². The number of nitrogens with zero attached hydrogens (tertiary/aromatic N) is 1. The molecule has 94 valence electrons. The van der Waals surface area contributed by atoms with Crippen molar-refractivity contribution in [3.8, 4) is 0 Å². The molecule has 1 unspecified atom stereocenters. The summed E-state index contributed by atoms with van der Waals surface area (Å²) in [6.07, 6.45) is 1.62. The molecular formula is C13H17ClFNO. The van der Waals surface area contributed by atoms with Gasteiger partial charge in [0.05, 0.1) is 0 Å². The first kappa shape index (κ1) is 12.8. The molecule has 0 amide bonds. The van der Waals surface area contributed by atoms with E-state index in [1.165, 1.54) is 6.07 Å². The second kappa shape index (κ2) is 4.92. The second-order valence-corrected chi connectivity index (χ2v) is 5.12. The highest BCUT2D eigenvalue weighted by molar-refractivity contribution is 6.30. The number of rotatable bonds is 3. The van der Waals surface area contributed by atoms with Gasteiger partial charge in [-0.25, -0.2) is 4.39 Å². The molecule has 0 spiro atoms. The molecule has 2 nitrogen and oxygen atoms in total. The van der Waals surface area contributed by atoms with Crippen molar-refractivity contribution in [2.75, 3.05) is 19.6 Å². The highest BCUT2D eigenvalue weighted by Gasteiger charge is 2.39. The van der Waals surface area contributed by atoms with Crippen molar-refractivity contribution >= 4 is 11.6 Å². The highest BCUT2D eigenvalue weighted by Crippen LogP contribution is 2.34. The van der Waals surface area contributed by atoms with E-state index in [-0.39, 0.29) is 0 Å². The zero-order valence-corrected chi connectivity index (χ0v) is 10.7. The molecule has 1 aliphatic heterocycles. The van der Waals surface area contributed by atoms with Crippen LogP contribution in [-0.2, 0) is 5.60 Å². The van der Waals surface area contributed by atoms with Crippen molar-refractivity contribution in [3.05, 3.63) is 34.6 Å². The Morgan fingerprint density at radius 2 is 2.29 bits per heavy atom. The average molecular weight is 258 g/mol. The Morgan fingerprint density at radius 3 is 2.94 bits per heavy atom. The SMILES string of the molecule is CCCN1CCC(O)(c2ccc(Cl)cc2F)C1. The van der Waals surface area contributed by atoms with Gasteiger partial charge in [-0.15, -0.1) is 0 Å². The Bertz CT molecular complexity index is 412. The van der Waals surface area contributed by atoms with E-state index in [0.29, 0.717) is 23.6 Å². The fraction of sp³-hybridized carbons (Fsp3) is 0.538. The first-order chi connectivity index (χ1) is 8.05. The van der Waals surface area contributed by atoms with Crippen LogP contribution in [0, 0.1) is 5.82 Å². The minimum Gasteiger partial charge on any atom is -0.384 e. The average Bonchev–Trinajstić information content (AvgIpc) is 2.61.